The van der Waals surface area contributed by atoms with Crippen LogP contribution in [0.1, 0.15) is 41.5 Å². The predicted octanol–water partition coefficient (Wildman–Crippen LogP) is 2.48. The number of carbonyl (C=O) groups excluding carboxylic acids is 1. The zero-order valence-electron chi connectivity index (χ0n) is 8.90. The molecule has 0 aromatic heterocycles. The van der Waals surface area contributed by atoms with Crippen molar-refractivity contribution in [1.29, 1.82) is 0 Å². The first-order valence-corrected chi connectivity index (χ1v) is 4.44. The van der Waals surface area contributed by atoms with Gasteiger partial charge in [0.15, 0.2) is 0 Å². The maximum Gasteiger partial charge on any atom is 0.125 e. The van der Waals surface area contributed by atoms with Crippen molar-refractivity contribution in [2.75, 3.05) is 13.6 Å². The first kappa shape index (κ1) is 15.1. The smallest absolute Gasteiger partial charge is 0.125 e. The number of carbonyl (C=O) groups is 1. The molecule has 0 aromatic rings. The van der Waals surface area contributed by atoms with Gasteiger partial charge in [0.05, 0.1) is 0 Å². The summed E-state index contributed by atoms with van der Waals surface area (Å²) < 4.78 is 0. The van der Waals surface area contributed by atoms with Gasteiger partial charge in [0.25, 0.3) is 0 Å². The Hall–Kier alpha value is -0.370. The molecule has 0 saturated carbocycles. The fraction of sp³-hybridized carbons (Fsp3) is 0.909. The molecular weight excluding hydrogens is 162 g/mol. The lowest BCUT2D eigenvalue weighted by Crippen LogP contribution is -2.32. The third-order valence-electron chi connectivity index (χ3n) is 1.91. The Morgan fingerprint density at radius 3 is 2.00 bits per heavy atom. The van der Waals surface area contributed by atoms with Crippen molar-refractivity contribution in [2.24, 2.45) is 10.8 Å². The molecule has 0 aliphatic carbocycles. The minimum Gasteiger partial charge on any atom is -0.319 e. The third-order valence-corrected chi connectivity index (χ3v) is 1.91. The Labute approximate surface area is 83.1 Å². The van der Waals surface area contributed by atoms with Gasteiger partial charge in [-0.05, 0) is 25.4 Å². The summed E-state index contributed by atoms with van der Waals surface area (Å²) in [4.78, 5) is 10.7. The number of aldehydes is 1. The van der Waals surface area contributed by atoms with Gasteiger partial charge in [-0.1, -0.05) is 35.1 Å². The molecule has 0 fully saturated rings. The molecule has 0 aliphatic heterocycles. The van der Waals surface area contributed by atoms with Crippen LogP contribution in [0.5, 0.6) is 0 Å². The van der Waals surface area contributed by atoms with Crippen LogP contribution in [-0.4, -0.2) is 19.9 Å². The molecule has 80 valence electrons. The quantitative estimate of drug-likeness (QED) is 0.670. The van der Waals surface area contributed by atoms with Crippen LogP contribution < -0.4 is 5.32 Å². The molecule has 0 heterocycles. The highest BCUT2D eigenvalue weighted by atomic mass is 16.1. The summed E-state index contributed by atoms with van der Waals surface area (Å²) in [6, 6.07) is 0. The summed E-state index contributed by atoms with van der Waals surface area (Å²) >= 11 is 0. The maximum absolute atomic E-state index is 10.7. The van der Waals surface area contributed by atoms with Gasteiger partial charge in [0, 0.05) is 5.41 Å². The Morgan fingerprint density at radius 2 is 1.69 bits per heavy atom. The molecule has 0 rings (SSSR count). The lowest BCUT2D eigenvalue weighted by atomic mass is 9.76. The van der Waals surface area contributed by atoms with Gasteiger partial charge < -0.3 is 10.1 Å². The molecule has 0 atom stereocenters. The fourth-order valence-corrected chi connectivity index (χ4v) is 1.82. The highest BCUT2D eigenvalue weighted by Crippen LogP contribution is 2.31. The highest BCUT2D eigenvalue weighted by Gasteiger charge is 2.27. The minimum atomic E-state index is -0.194. The van der Waals surface area contributed by atoms with Crippen molar-refractivity contribution in [1.82, 2.24) is 5.32 Å². The molecule has 2 nitrogen and oxygen atoms in total. The molecule has 0 spiro atoms. The summed E-state index contributed by atoms with van der Waals surface area (Å²) in [5.41, 5.74) is -0.000486. The standard InChI is InChI=1S/C10H21NO.CH4/c1-9(2,7-11-5)6-10(3,4)8-12;/h8,11H,6-7H2,1-5H3;1H4. The van der Waals surface area contributed by atoms with Crippen LogP contribution in [0, 0.1) is 10.8 Å². The number of hydrogen-bond donors (Lipinski definition) is 1. The zero-order valence-corrected chi connectivity index (χ0v) is 8.90. The second-order valence-electron chi connectivity index (χ2n) is 4.98. The fourth-order valence-electron chi connectivity index (χ4n) is 1.82. The minimum absolute atomic E-state index is 0. The maximum atomic E-state index is 10.7. The SMILES string of the molecule is C.CNCC(C)(C)CC(C)(C)C=O. The normalized spacial score (nSPS) is 12.1. The average Bonchev–Trinajstić information content (AvgIpc) is 1.85. The monoisotopic (exact) mass is 187 g/mol. The number of hydrogen-bond acceptors (Lipinski definition) is 2. The average molecular weight is 187 g/mol. The van der Waals surface area contributed by atoms with E-state index in [-0.39, 0.29) is 18.3 Å². The molecule has 0 amide bonds. The predicted molar refractivity (Wildman–Crippen MR) is 58.9 cm³/mol. The van der Waals surface area contributed by atoms with Gasteiger partial charge in [0.1, 0.15) is 6.29 Å². The van der Waals surface area contributed by atoms with E-state index in [0.717, 1.165) is 19.3 Å². The van der Waals surface area contributed by atoms with Crippen LogP contribution in [-0.2, 0) is 4.79 Å². The Balaban J connectivity index is 0. The Kier molecular flexibility index (Phi) is 6.26. The van der Waals surface area contributed by atoms with Crippen LogP contribution in [0.4, 0.5) is 0 Å². The van der Waals surface area contributed by atoms with Crippen molar-refractivity contribution in [3.05, 3.63) is 0 Å². The first-order chi connectivity index (χ1) is 5.33. The lowest BCUT2D eigenvalue weighted by molar-refractivity contribution is -0.116. The summed E-state index contributed by atoms with van der Waals surface area (Å²) in [7, 11) is 1.94. The van der Waals surface area contributed by atoms with E-state index >= 15 is 0 Å². The van der Waals surface area contributed by atoms with Crippen LogP contribution in [0.15, 0.2) is 0 Å². The topological polar surface area (TPSA) is 29.1 Å². The molecule has 0 saturated heterocycles. The highest BCUT2D eigenvalue weighted by molar-refractivity contribution is 5.57. The zero-order chi connectivity index (χ0) is 9.83. The molecule has 0 radical (unpaired) electrons. The summed E-state index contributed by atoms with van der Waals surface area (Å²) in [5.74, 6) is 0. The second kappa shape index (κ2) is 5.38. The summed E-state index contributed by atoms with van der Waals surface area (Å²) in [6.45, 7) is 9.27. The lowest BCUT2D eigenvalue weighted by Gasteiger charge is -2.31. The van der Waals surface area contributed by atoms with E-state index in [0.29, 0.717) is 0 Å². The Bertz CT molecular complexity index is 150. The van der Waals surface area contributed by atoms with E-state index < -0.39 is 0 Å². The summed E-state index contributed by atoms with van der Waals surface area (Å²) in [5, 5.41) is 3.14. The van der Waals surface area contributed by atoms with Gasteiger partial charge in [-0.2, -0.15) is 0 Å². The molecule has 0 unspecified atom stereocenters. The third kappa shape index (κ3) is 6.76. The number of rotatable bonds is 5. The van der Waals surface area contributed by atoms with E-state index in [1.54, 1.807) is 0 Å². The molecule has 2 heteroatoms. The van der Waals surface area contributed by atoms with Crippen LogP contribution in [0.2, 0.25) is 0 Å². The van der Waals surface area contributed by atoms with Gasteiger partial charge in [-0.3, -0.25) is 0 Å². The molecule has 1 N–H and O–H groups in total. The van der Waals surface area contributed by atoms with Gasteiger partial charge in [-0.15, -0.1) is 0 Å². The van der Waals surface area contributed by atoms with Crippen molar-refractivity contribution in [3.63, 3.8) is 0 Å². The molecule has 0 aromatic carbocycles. The summed E-state index contributed by atoms with van der Waals surface area (Å²) in [6.07, 6.45) is 1.97. The molecule has 0 bridgehead atoms. The van der Waals surface area contributed by atoms with Crippen molar-refractivity contribution in [3.8, 4) is 0 Å². The van der Waals surface area contributed by atoms with Crippen LogP contribution >= 0.6 is 0 Å². The van der Waals surface area contributed by atoms with Crippen LogP contribution in [0.3, 0.4) is 0 Å². The largest absolute Gasteiger partial charge is 0.319 e. The van der Waals surface area contributed by atoms with E-state index in [1.165, 1.54) is 0 Å². The molecule has 0 aliphatic rings. The van der Waals surface area contributed by atoms with Gasteiger partial charge in [0.2, 0.25) is 0 Å². The first-order valence-electron chi connectivity index (χ1n) is 4.44. The van der Waals surface area contributed by atoms with E-state index in [2.05, 4.69) is 19.2 Å². The van der Waals surface area contributed by atoms with Crippen molar-refractivity contribution < 1.29 is 4.79 Å². The van der Waals surface area contributed by atoms with Gasteiger partial charge >= 0.3 is 0 Å². The Morgan fingerprint density at radius 1 is 1.23 bits per heavy atom. The van der Waals surface area contributed by atoms with E-state index in [4.69, 9.17) is 0 Å². The van der Waals surface area contributed by atoms with Gasteiger partial charge in [-0.25, -0.2) is 0 Å². The van der Waals surface area contributed by atoms with Crippen molar-refractivity contribution in [2.45, 2.75) is 41.5 Å². The second-order valence-corrected chi connectivity index (χ2v) is 4.98. The van der Waals surface area contributed by atoms with Crippen molar-refractivity contribution >= 4 is 6.29 Å². The van der Waals surface area contributed by atoms with E-state index in [9.17, 15) is 4.79 Å². The van der Waals surface area contributed by atoms with Crippen LogP contribution in [0.25, 0.3) is 0 Å². The van der Waals surface area contributed by atoms with E-state index in [1.807, 2.05) is 20.9 Å². The molecule has 13 heavy (non-hydrogen) atoms. The molecular formula is C11H25NO. The number of nitrogens with one attached hydrogen (secondary N) is 1.